The van der Waals surface area contributed by atoms with Gasteiger partial charge in [-0.1, -0.05) is 36.2 Å². The van der Waals surface area contributed by atoms with E-state index in [4.69, 9.17) is 0 Å². The average molecular weight is 319 g/mol. The van der Waals surface area contributed by atoms with E-state index < -0.39 is 0 Å². The molecule has 0 saturated heterocycles. The van der Waals surface area contributed by atoms with Gasteiger partial charge in [0.15, 0.2) is 5.96 Å². The molecule has 23 heavy (non-hydrogen) atoms. The van der Waals surface area contributed by atoms with E-state index in [9.17, 15) is 4.79 Å². The molecule has 5 nitrogen and oxygen atoms in total. The molecule has 1 aromatic carbocycles. The minimum atomic E-state index is -0.133. The first-order valence-corrected chi connectivity index (χ1v) is 8.30. The number of nitrogens with one attached hydrogen (secondary N) is 2. The molecule has 0 aliphatic rings. The Kier molecular flexibility index (Phi) is 9.52. The van der Waals surface area contributed by atoms with E-state index in [0.717, 1.165) is 38.3 Å². The molecule has 128 valence electrons. The van der Waals surface area contributed by atoms with Crippen molar-refractivity contribution in [2.75, 3.05) is 20.2 Å². The van der Waals surface area contributed by atoms with Gasteiger partial charge in [0.05, 0.1) is 13.7 Å². The third-order valence-electron chi connectivity index (χ3n) is 3.46. The van der Waals surface area contributed by atoms with Crippen LogP contribution in [0.3, 0.4) is 0 Å². The predicted octanol–water partition coefficient (Wildman–Crippen LogP) is 2.78. The quantitative estimate of drug-likeness (QED) is 0.318. The Bertz CT molecular complexity index is 484. The SMILES string of the molecule is CCNC(=NCc1ccc(C)cc1)NCCCCCC(=O)OC. The van der Waals surface area contributed by atoms with Crippen molar-refractivity contribution in [1.82, 2.24) is 10.6 Å². The van der Waals surface area contributed by atoms with Crippen molar-refractivity contribution in [2.24, 2.45) is 4.99 Å². The van der Waals surface area contributed by atoms with Gasteiger partial charge in [0, 0.05) is 19.5 Å². The maximum atomic E-state index is 11.0. The van der Waals surface area contributed by atoms with Crippen molar-refractivity contribution in [3.63, 3.8) is 0 Å². The molecule has 0 atom stereocenters. The van der Waals surface area contributed by atoms with E-state index in [0.29, 0.717) is 13.0 Å². The molecular formula is C18H29N3O2. The number of carbonyl (C=O) groups is 1. The summed E-state index contributed by atoms with van der Waals surface area (Å²) in [4.78, 5) is 15.6. The number of hydrogen-bond donors (Lipinski definition) is 2. The number of aryl methyl sites for hydroxylation is 1. The highest BCUT2D eigenvalue weighted by Crippen LogP contribution is 2.04. The average Bonchev–Trinajstić information content (AvgIpc) is 2.56. The zero-order valence-electron chi connectivity index (χ0n) is 14.5. The van der Waals surface area contributed by atoms with Crippen molar-refractivity contribution in [3.8, 4) is 0 Å². The lowest BCUT2D eigenvalue weighted by molar-refractivity contribution is -0.140. The van der Waals surface area contributed by atoms with Gasteiger partial charge in [-0.25, -0.2) is 4.99 Å². The zero-order valence-corrected chi connectivity index (χ0v) is 14.5. The second-order valence-corrected chi connectivity index (χ2v) is 5.49. The summed E-state index contributed by atoms with van der Waals surface area (Å²) in [6.07, 6.45) is 3.37. The molecule has 5 heteroatoms. The molecular weight excluding hydrogens is 290 g/mol. The number of unbranched alkanes of at least 4 members (excludes halogenated alkanes) is 2. The Morgan fingerprint density at radius 1 is 1.13 bits per heavy atom. The van der Waals surface area contributed by atoms with Crippen molar-refractivity contribution in [3.05, 3.63) is 35.4 Å². The fourth-order valence-electron chi connectivity index (χ4n) is 2.09. The normalized spacial score (nSPS) is 11.2. The number of benzene rings is 1. The van der Waals surface area contributed by atoms with Crippen LogP contribution in [0.4, 0.5) is 0 Å². The molecule has 1 aromatic rings. The molecule has 1 rings (SSSR count). The van der Waals surface area contributed by atoms with E-state index in [1.54, 1.807) is 0 Å². The minimum absolute atomic E-state index is 0.133. The van der Waals surface area contributed by atoms with Gasteiger partial charge in [0.1, 0.15) is 0 Å². The molecule has 0 aliphatic carbocycles. The number of carbonyl (C=O) groups excluding carboxylic acids is 1. The van der Waals surface area contributed by atoms with E-state index in [-0.39, 0.29) is 5.97 Å². The molecule has 0 aliphatic heterocycles. The highest BCUT2D eigenvalue weighted by atomic mass is 16.5. The van der Waals surface area contributed by atoms with Crippen molar-refractivity contribution in [1.29, 1.82) is 0 Å². The van der Waals surface area contributed by atoms with Gasteiger partial charge < -0.3 is 15.4 Å². The molecule has 0 radical (unpaired) electrons. The van der Waals surface area contributed by atoms with Gasteiger partial charge in [-0.2, -0.15) is 0 Å². The first-order valence-electron chi connectivity index (χ1n) is 8.30. The van der Waals surface area contributed by atoms with Gasteiger partial charge in [-0.15, -0.1) is 0 Å². The monoisotopic (exact) mass is 319 g/mol. The molecule has 0 heterocycles. The summed E-state index contributed by atoms with van der Waals surface area (Å²) in [7, 11) is 1.43. The van der Waals surface area contributed by atoms with Gasteiger partial charge in [-0.05, 0) is 32.3 Å². The highest BCUT2D eigenvalue weighted by Gasteiger charge is 2.00. The number of guanidine groups is 1. The summed E-state index contributed by atoms with van der Waals surface area (Å²) in [5, 5.41) is 6.57. The molecule has 2 N–H and O–H groups in total. The Balaban J connectivity index is 2.29. The number of ether oxygens (including phenoxy) is 1. The van der Waals surface area contributed by atoms with Crippen LogP contribution in [0.15, 0.2) is 29.3 Å². The maximum Gasteiger partial charge on any atom is 0.305 e. The molecule has 0 fully saturated rings. The third kappa shape index (κ3) is 8.86. The Morgan fingerprint density at radius 2 is 1.87 bits per heavy atom. The second kappa shape index (κ2) is 11.5. The van der Waals surface area contributed by atoms with Crippen molar-refractivity contribution >= 4 is 11.9 Å². The topological polar surface area (TPSA) is 62.7 Å². The maximum absolute atomic E-state index is 11.0. The number of esters is 1. The van der Waals surface area contributed by atoms with Crippen molar-refractivity contribution < 1.29 is 9.53 Å². The van der Waals surface area contributed by atoms with Crippen LogP contribution in [0.5, 0.6) is 0 Å². The van der Waals surface area contributed by atoms with Crippen LogP contribution in [0.25, 0.3) is 0 Å². The second-order valence-electron chi connectivity index (χ2n) is 5.49. The minimum Gasteiger partial charge on any atom is -0.469 e. The van der Waals surface area contributed by atoms with Crippen LogP contribution in [0.1, 0.15) is 43.7 Å². The summed E-state index contributed by atoms with van der Waals surface area (Å²) >= 11 is 0. The van der Waals surface area contributed by atoms with E-state index in [1.807, 2.05) is 0 Å². The van der Waals surface area contributed by atoms with Crippen LogP contribution >= 0.6 is 0 Å². The lowest BCUT2D eigenvalue weighted by Gasteiger charge is -2.11. The first kappa shape index (κ1) is 19.0. The van der Waals surface area contributed by atoms with Gasteiger partial charge >= 0.3 is 5.97 Å². The smallest absolute Gasteiger partial charge is 0.305 e. The number of methoxy groups -OCH3 is 1. The summed E-state index contributed by atoms with van der Waals surface area (Å²) in [6, 6.07) is 8.42. The molecule has 0 spiro atoms. The largest absolute Gasteiger partial charge is 0.469 e. The van der Waals surface area contributed by atoms with Crippen LogP contribution in [0.2, 0.25) is 0 Å². The molecule has 0 bridgehead atoms. The summed E-state index contributed by atoms with van der Waals surface area (Å²) in [6.45, 7) is 6.49. The van der Waals surface area contributed by atoms with E-state index in [1.165, 1.54) is 18.2 Å². The summed E-state index contributed by atoms with van der Waals surface area (Å²) in [5.41, 5.74) is 2.46. The van der Waals surface area contributed by atoms with Gasteiger partial charge in [0.25, 0.3) is 0 Å². The summed E-state index contributed by atoms with van der Waals surface area (Å²) in [5.74, 6) is 0.701. The van der Waals surface area contributed by atoms with E-state index in [2.05, 4.69) is 58.5 Å². The van der Waals surface area contributed by atoms with Crippen molar-refractivity contribution in [2.45, 2.75) is 46.1 Å². The molecule has 0 aromatic heterocycles. The van der Waals surface area contributed by atoms with E-state index >= 15 is 0 Å². The zero-order chi connectivity index (χ0) is 16.9. The number of aliphatic imine (C=N–C) groups is 1. The lowest BCUT2D eigenvalue weighted by atomic mass is 10.1. The van der Waals surface area contributed by atoms with Crippen LogP contribution in [-0.2, 0) is 16.1 Å². The third-order valence-corrected chi connectivity index (χ3v) is 3.46. The summed E-state index contributed by atoms with van der Waals surface area (Å²) < 4.78 is 4.62. The number of rotatable bonds is 9. The Hall–Kier alpha value is -2.04. The van der Waals surface area contributed by atoms with Gasteiger partial charge in [0.2, 0.25) is 0 Å². The molecule has 0 amide bonds. The standard InChI is InChI=1S/C18H29N3O2/c1-4-19-18(20-13-7-5-6-8-17(22)23-3)21-14-16-11-9-15(2)10-12-16/h9-12H,4-8,13-14H2,1-3H3,(H2,19,20,21). The Labute approximate surface area is 139 Å². The molecule has 0 saturated carbocycles. The fourth-order valence-corrected chi connectivity index (χ4v) is 2.09. The first-order chi connectivity index (χ1) is 11.2. The fraction of sp³-hybridized carbons (Fsp3) is 0.556. The predicted molar refractivity (Wildman–Crippen MR) is 94.5 cm³/mol. The molecule has 0 unspecified atom stereocenters. The van der Waals surface area contributed by atoms with Crippen LogP contribution in [0, 0.1) is 6.92 Å². The lowest BCUT2D eigenvalue weighted by Crippen LogP contribution is -2.37. The van der Waals surface area contributed by atoms with Gasteiger partial charge in [-0.3, -0.25) is 4.79 Å². The number of hydrogen-bond acceptors (Lipinski definition) is 3. The highest BCUT2D eigenvalue weighted by molar-refractivity contribution is 5.79. The van der Waals surface area contributed by atoms with Crippen LogP contribution in [-0.4, -0.2) is 32.1 Å². The number of nitrogens with zero attached hydrogens (tertiary/aromatic N) is 1. The Morgan fingerprint density at radius 3 is 2.52 bits per heavy atom. The van der Waals surface area contributed by atoms with Crippen LogP contribution < -0.4 is 10.6 Å².